The van der Waals surface area contributed by atoms with E-state index in [1.54, 1.807) is 0 Å². The largest absolute Gasteiger partial charge is 0.366 e. The number of hydrogen-bond acceptors (Lipinski definition) is 5. The Balaban J connectivity index is 2.01. The molecule has 1 aliphatic rings. The molecule has 1 saturated carbocycles. The van der Waals surface area contributed by atoms with E-state index in [-0.39, 0.29) is 10.4 Å². The zero-order chi connectivity index (χ0) is 10.9. The molecule has 82 valence electrons. The van der Waals surface area contributed by atoms with Crippen LogP contribution in [0.1, 0.15) is 12.8 Å². The van der Waals surface area contributed by atoms with Crippen molar-refractivity contribution in [2.45, 2.75) is 17.6 Å². The smallest absolute Gasteiger partial charge is 0.245 e. The Morgan fingerprint density at radius 1 is 1.40 bits per heavy atom. The van der Waals surface area contributed by atoms with Gasteiger partial charge in [0, 0.05) is 11.3 Å². The fourth-order valence-corrected chi connectivity index (χ4v) is 2.24. The van der Waals surface area contributed by atoms with Gasteiger partial charge in [-0.1, -0.05) is 11.6 Å². The molecule has 1 aliphatic carbocycles. The van der Waals surface area contributed by atoms with Crippen LogP contribution >= 0.6 is 35.0 Å². The highest BCUT2D eigenvalue weighted by Crippen LogP contribution is 2.47. The predicted octanol–water partition coefficient (Wildman–Crippen LogP) is 2.49. The Bertz CT molecular complexity index is 370. The van der Waals surface area contributed by atoms with Gasteiger partial charge < -0.3 is 5.32 Å². The standard InChI is InChI=1S/C8H10Cl2N4S/c1-15-8(2-3-8)4-11-6-5(9)13-14-7(10)12-6/h2-4H2,1H3,(H,11,12,14). The summed E-state index contributed by atoms with van der Waals surface area (Å²) in [6.45, 7) is 0.836. The van der Waals surface area contributed by atoms with Crippen LogP contribution in [0.4, 0.5) is 5.82 Å². The van der Waals surface area contributed by atoms with Crippen LogP contribution in [0.5, 0.6) is 0 Å². The summed E-state index contributed by atoms with van der Waals surface area (Å²) in [6.07, 6.45) is 4.57. The summed E-state index contributed by atoms with van der Waals surface area (Å²) in [7, 11) is 0. The number of halogens is 2. The number of anilines is 1. The Morgan fingerprint density at radius 2 is 2.13 bits per heavy atom. The number of thioether (sulfide) groups is 1. The molecule has 1 fully saturated rings. The van der Waals surface area contributed by atoms with Crippen molar-refractivity contribution in [2.75, 3.05) is 18.1 Å². The highest BCUT2D eigenvalue weighted by molar-refractivity contribution is 8.00. The minimum atomic E-state index is 0.107. The molecule has 0 aliphatic heterocycles. The van der Waals surface area contributed by atoms with Crippen molar-refractivity contribution in [3.8, 4) is 0 Å². The molecule has 0 bridgehead atoms. The Labute approximate surface area is 102 Å². The zero-order valence-corrected chi connectivity index (χ0v) is 10.5. The van der Waals surface area contributed by atoms with Gasteiger partial charge in [0.1, 0.15) is 0 Å². The van der Waals surface area contributed by atoms with Gasteiger partial charge in [-0.05, 0) is 30.7 Å². The van der Waals surface area contributed by atoms with Crippen LogP contribution in [0.25, 0.3) is 0 Å². The van der Waals surface area contributed by atoms with E-state index in [0.29, 0.717) is 10.6 Å². The Kier molecular flexibility index (Phi) is 3.23. The molecule has 0 aromatic carbocycles. The average Bonchev–Trinajstić information content (AvgIpc) is 3.00. The molecule has 0 radical (unpaired) electrons. The van der Waals surface area contributed by atoms with Gasteiger partial charge in [0.25, 0.3) is 0 Å². The molecule has 1 aromatic rings. The first kappa shape index (κ1) is 11.2. The van der Waals surface area contributed by atoms with Crippen molar-refractivity contribution in [3.05, 3.63) is 10.4 Å². The fourth-order valence-electron chi connectivity index (χ4n) is 1.24. The van der Waals surface area contributed by atoms with E-state index in [4.69, 9.17) is 23.2 Å². The monoisotopic (exact) mass is 264 g/mol. The van der Waals surface area contributed by atoms with Crippen LogP contribution < -0.4 is 5.32 Å². The van der Waals surface area contributed by atoms with Gasteiger partial charge in [-0.2, -0.15) is 16.7 Å². The van der Waals surface area contributed by atoms with Gasteiger partial charge in [0.2, 0.25) is 5.28 Å². The van der Waals surface area contributed by atoms with E-state index >= 15 is 0 Å². The van der Waals surface area contributed by atoms with Gasteiger partial charge in [-0.3, -0.25) is 0 Å². The van der Waals surface area contributed by atoms with E-state index in [1.165, 1.54) is 12.8 Å². The first-order chi connectivity index (χ1) is 7.15. The molecular formula is C8H10Cl2N4S. The second kappa shape index (κ2) is 4.31. The summed E-state index contributed by atoms with van der Waals surface area (Å²) in [5.41, 5.74) is 0. The third-order valence-electron chi connectivity index (χ3n) is 2.44. The number of nitrogens with zero attached hydrogens (tertiary/aromatic N) is 3. The van der Waals surface area contributed by atoms with Gasteiger partial charge in [0.05, 0.1) is 0 Å². The minimum absolute atomic E-state index is 0.107. The molecule has 7 heteroatoms. The third kappa shape index (κ3) is 2.65. The molecule has 0 saturated heterocycles. The highest BCUT2D eigenvalue weighted by Gasteiger charge is 2.41. The van der Waals surface area contributed by atoms with E-state index in [0.717, 1.165) is 6.54 Å². The maximum absolute atomic E-state index is 5.82. The molecule has 0 unspecified atom stereocenters. The van der Waals surface area contributed by atoms with Crippen molar-refractivity contribution in [3.63, 3.8) is 0 Å². The molecular weight excluding hydrogens is 255 g/mol. The predicted molar refractivity (Wildman–Crippen MR) is 63.8 cm³/mol. The second-order valence-corrected chi connectivity index (χ2v) is 5.43. The average molecular weight is 265 g/mol. The molecule has 4 nitrogen and oxygen atoms in total. The summed E-state index contributed by atoms with van der Waals surface area (Å²) in [6, 6.07) is 0. The zero-order valence-electron chi connectivity index (χ0n) is 8.13. The minimum Gasteiger partial charge on any atom is -0.366 e. The Hall–Kier alpha value is -0.260. The van der Waals surface area contributed by atoms with Crippen LogP contribution in [0.3, 0.4) is 0 Å². The molecule has 2 rings (SSSR count). The maximum Gasteiger partial charge on any atom is 0.245 e. The summed E-state index contributed by atoms with van der Waals surface area (Å²) in [5, 5.41) is 10.7. The summed E-state index contributed by atoms with van der Waals surface area (Å²) in [4.78, 5) is 3.98. The number of hydrogen-bond donors (Lipinski definition) is 1. The van der Waals surface area contributed by atoms with Crippen LogP contribution in [0.15, 0.2) is 0 Å². The second-order valence-electron chi connectivity index (χ2n) is 3.46. The van der Waals surface area contributed by atoms with E-state index in [2.05, 4.69) is 26.8 Å². The van der Waals surface area contributed by atoms with E-state index in [9.17, 15) is 0 Å². The fraction of sp³-hybridized carbons (Fsp3) is 0.625. The molecule has 0 amide bonds. The lowest BCUT2D eigenvalue weighted by atomic mass is 10.4. The lowest BCUT2D eigenvalue weighted by molar-refractivity contribution is 0.914. The van der Waals surface area contributed by atoms with Gasteiger partial charge in [0.15, 0.2) is 11.0 Å². The topological polar surface area (TPSA) is 50.7 Å². The molecule has 1 N–H and O–H groups in total. The van der Waals surface area contributed by atoms with Crippen LogP contribution in [-0.4, -0.2) is 32.7 Å². The van der Waals surface area contributed by atoms with Crippen LogP contribution in [-0.2, 0) is 0 Å². The van der Waals surface area contributed by atoms with Gasteiger partial charge >= 0.3 is 0 Å². The molecule has 0 spiro atoms. The van der Waals surface area contributed by atoms with Crippen molar-refractivity contribution in [2.24, 2.45) is 0 Å². The quantitative estimate of drug-likeness (QED) is 0.906. The van der Waals surface area contributed by atoms with Crippen LogP contribution in [0.2, 0.25) is 10.4 Å². The summed E-state index contributed by atoms with van der Waals surface area (Å²) >= 11 is 13.3. The van der Waals surface area contributed by atoms with Gasteiger partial charge in [-0.15, -0.1) is 10.2 Å². The number of nitrogens with one attached hydrogen (secondary N) is 1. The summed E-state index contributed by atoms with van der Waals surface area (Å²) in [5.74, 6) is 0.511. The maximum atomic E-state index is 5.82. The normalized spacial score (nSPS) is 17.5. The molecule has 1 heterocycles. The summed E-state index contributed by atoms with van der Waals surface area (Å²) < 4.78 is 0.348. The molecule has 15 heavy (non-hydrogen) atoms. The van der Waals surface area contributed by atoms with Crippen molar-refractivity contribution in [1.29, 1.82) is 0 Å². The lowest BCUT2D eigenvalue weighted by Crippen LogP contribution is -2.18. The van der Waals surface area contributed by atoms with Crippen molar-refractivity contribution >= 4 is 40.8 Å². The van der Waals surface area contributed by atoms with Gasteiger partial charge in [-0.25, -0.2) is 0 Å². The Morgan fingerprint density at radius 3 is 2.73 bits per heavy atom. The van der Waals surface area contributed by atoms with Crippen molar-refractivity contribution in [1.82, 2.24) is 15.2 Å². The first-order valence-corrected chi connectivity index (χ1v) is 6.48. The lowest BCUT2D eigenvalue weighted by Gasteiger charge is -2.13. The van der Waals surface area contributed by atoms with E-state index < -0.39 is 0 Å². The van der Waals surface area contributed by atoms with Crippen LogP contribution in [0, 0.1) is 0 Å². The SMILES string of the molecule is CSC1(CNc2nc(Cl)nnc2Cl)CC1. The number of aromatic nitrogens is 3. The van der Waals surface area contributed by atoms with E-state index in [1.807, 2.05) is 11.8 Å². The van der Waals surface area contributed by atoms with Crippen molar-refractivity contribution < 1.29 is 0 Å². The first-order valence-electron chi connectivity index (χ1n) is 4.50. The molecule has 0 atom stereocenters. The highest BCUT2D eigenvalue weighted by atomic mass is 35.5. The molecule has 1 aromatic heterocycles. The number of rotatable bonds is 4. The third-order valence-corrected chi connectivity index (χ3v) is 4.27.